The molecule has 104 valence electrons. The zero-order chi connectivity index (χ0) is 14.9. The molecule has 0 bridgehead atoms. The third kappa shape index (κ3) is 2.93. The maximum Gasteiger partial charge on any atom is 0.335 e. The van der Waals surface area contributed by atoms with Crippen molar-refractivity contribution >= 4 is 17.7 Å². The first-order valence-electron chi connectivity index (χ1n) is 5.23. The average Bonchev–Trinajstić information content (AvgIpc) is 2.37. The SMILES string of the molecule is O=C(O)c1cc(F)c(Sc2cc(F)ccc2F)c(F)c1. The van der Waals surface area contributed by atoms with Gasteiger partial charge in [0.2, 0.25) is 0 Å². The number of rotatable bonds is 3. The van der Waals surface area contributed by atoms with Crippen molar-refractivity contribution in [3.05, 3.63) is 59.2 Å². The highest BCUT2D eigenvalue weighted by molar-refractivity contribution is 7.99. The van der Waals surface area contributed by atoms with Gasteiger partial charge in [0, 0.05) is 0 Å². The third-order valence-corrected chi connectivity index (χ3v) is 3.48. The van der Waals surface area contributed by atoms with E-state index in [2.05, 4.69) is 0 Å². The molecule has 0 fully saturated rings. The maximum absolute atomic E-state index is 13.6. The molecule has 7 heteroatoms. The molecular weight excluding hydrogens is 296 g/mol. The van der Waals surface area contributed by atoms with Gasteiger partial charge in [-0.05, 0) is 30.3 Å². The molecule has 2 rings (SSSR count). The number of hydrogen-bond acceptors (Lipinski definition) is 2. The second kappa shape index (κ2) is 5.54. The molecule has 2 aromatic rings. The largest absolute Gasteiger partial charge is 0.478 e. The van der Waals surface area contributed by atoms with Gasteiger partial charge in [0.15, 0.2) is 0 Å². The van der Waals surface area contributed by atoms with Gasteiger partial charge in [-0.1, -0.05) is 11.8 Å². The molecule has 0 unspecified atom stereocenters. The summed E-state index contributed by atoms with van der Waals surface area (Å²) >= 11 is 0.344. The lowest BCUT2D eigenvalue weighted by molar-refractivity contribution is 0.0695. The molecule has 0 heterocycles. The zero-order valence-corrected chi connectivity index (χ0v) is 10.5. The van der Waals surface area contributed by atoms with Gasteiger partial charge in [-0.3, -0.25) is 0 Å². The van der Waals surface area contributed by atoms with Gasteiger partial charge in [-0.2, -0.15) is 0 Å². The van der Waals surface area contributed by atoms with E-state index in [0.717, 1.165) is 18.2 Å². The summed E-state index contributed by atoms with van der Waals surface area (Å²) in [5.41, 5.74) is -0.566. The number of carbonyl (C=O) groups is 1. The highest BCUT2D eigenvalue weighted by Gasteiger charge is 2.17. The highest BCUT2D eigenvalue weighted by atomic mass is 32.2. The van der Waals surface area contributed by atoms with E-state index < -0.39 is 39.7 Å². The first kappa shape index (κ1) is 14.4. The van der Waals surface area contributed by atoms with Crippen molar-refractivity contribution in [2.75, 3.05) is 0 Å². The van der Waals surface area contributed by atoms with Gasteiger partial charge < -0.3 is 5.11 Å². The normalized spacial score (nSPS) is 10.6. The van der Waals surface area contributed by atoms with Crippen LogP contribution in [-0.4, -0.2) is 11.1 Å². The Morgan fingerprint density at radius 2 is 1.55 bits per heavy atom. The topological polar surface area (TPSA) is 37.3 Å². The summed E-state index contributed by atoms with van der Waals surface area (Å²) in [5, 5.41) is 8.65. The lowest BCUT2D eigenvalue weighted by Crippen LogP contribution is -2.00. The van der Waals surface area contributed by atoms with Gasteiger partial charge in [0.05, 0.1) is 15.4 Å². The molecule has 2 aromatic carbocycles. The number of carboxylic acids is 1. The van der Waals surface area contributed by atoms with Crippen LogP contribution in [-0.2, 0) is 0 Å². The Kier molecular flexibility index (Phi) is 3.99. The van der Waals surface area contributed by atoms with Crippen LogP contribution in [0.25, 0.3) is 0 Å². The Hall–Kier alpha value is -2.02. The third-order valence-electron chi connectivity index (χ3n) is 2.35. The highest BCUT2D eigenvalue weighted by Crippen LogP contribution is 2.34. The Balaban J connectivity index is 2.44. The number of aromatic carboxylic acids is 1. The van der Waals surface area contributed by atoms with Crippen LogP contribution < -0.4 is 0 Å². The summed E-state index contributed by atoms with van der Waals surface area (Å²) in [7, 11) is 0. The van der Waals surface area contributed by atoms with E-state index in [1.165, 1.54) is 0 Å². The van der Waals surface area contributed by atoms with E-state index in [1.54, 1.807) is 0 Å². The van der Waals surface area contributed by atoms with Gasteiger partial charge in [-0.15, -0.1) is 0 Å². The molecule has 2 nitrogen and oxygen atoms in total. The molecule has 0 saturated heterocycles. The molecule has 0 aromatic heterocycles. The predicted molar refractivity (Wildman–Crippen MR) is 63.8 cm³/mol. The minimum Gasteiger partial charge on any atom is -0.478 e. The van der Waals surface area contributed by atoms with Crippen LogP contribution in [0.4, 0.5) is 17.6 Å². The first-order chi connectivity index (χ1) is 9.38. The average molecular weight is 302 g/mol. The Labute approximate surface area is 115 Å². The smallest absolute Gasteiger partial charge is 0.335 e. The molecule has 0 aliphatic heterocycles. The monoisotopic (exact) mass is 302 g/mol. The van der Waals surface area contributed by atoms with Crippen LogP contribution in [0.3, 0.4) is 0 Å². The molecule has 0 saturated carbocycles. The Bertz CT molecular complexity index is 665. The van der Waals surface area contributed by atoms with E-state index in [0.29, 0.717) is 23.9 Å². The van der Waals surface area contributed by atoms with Crippen molar-refractivity contribution in [1.82, 2.24) is 0 Å². The lowest BCUT2D eigenvalue weighted by Gasteiger charge is -2.07. The van der Waals surface area contributed by atoms with Crippen LogP contribution in [0.1, 0.15) is 10.4 Å². The number of halogens is 4. The van der Waals surface area contributed by atoms with Gasteiger partial charge in [0.1, 0.15) is 23.3 Å². The number of benzene rings is 2. The first-order valence-corrected chi connectivity index (χ1v) is 6.05. The van der Waals surface area contributed by atoms with E-state index in [4.69, 9.17) is 5.11 Å². The van der Waals surface area contributed by atoms with Crippen molar-refractivity contribution in [1.29, 1.82) is 0 Å². The van der Waals surface area contributed by atoms with Crippen molar-refractivity contribution < 1.29 is 27.5 Å². The Morgan fingerprint density at radius 1 is 0.950 bits per heavy atom. The van der Waals surface area contributed by atoms with E-state index >= 15 is 0 Å². The minimum absolute atomic E-state index is 0.300. The molecule has 0 spiro atoms. The molecule has 1 N–H and O–H groups in total. The van der Waals surface area contributed by atoms with E-state index in [-0.39, 0.29) is 4.90 Å². The van der Waals surface area contributed by atoms with E-state index in [1.807, 2.05) is 0 Å². The quantitative estimate of drug-likeness (QED) is 0.868. The summed E-state index contributed by atoms with van der Waals surface area (Å²) in [6.07, 6.45) is 0. The summed E-state index contributed by atoms with van der Waals surface area (Å²) in [6.45, 7) is 0. The standard InChI is InChI=1S/C13H6F4O2S/c14-7-1-2-8(15)11(5-7)20-12-9(16)3-6(13(18)19)4-10(12)17/h1-5H,(H,18,19). The fourth-order valence-electron chi connectivity index (χ4n) is 1.45. The van der Waals surface area contributed by atoms with Crippen LogP contribution in [0.5, 0.6) is 0 Å². The summed E-state index contributed by atoms with van der Waals surface area (Å²) in [6, 6.07) is 3.73. The molecule has 0 radical (unpaired) electrons. The van der Waals surface area contributed by atoms with Crippen LogP contribution in [0, 0.1) is 23.3 Å². The minimum atomic E-state index is -1.49. The molecule has 0 aliphatic rings. The summed E-state index contributed by atoms with van der Waals surface area (Å²) in [4.78, 5) is 9.73. The molecule has 0 amide bonds. The lowest BCUT2D eigenvalue weighted by atomic mass is 10.2. The number of carboxylic acid groups (broad SMARTS) is 1. The summed E-state index contributed by atoms with van der Waals surface area (Å²) in [5.74, 6) is -5.39. The molecule has 0 atom stereocenters. The zero-order valence-electron chi connectivity index (χ0n) is 9.66. The second-order valence-corrected chi connectivity index (χ2v) is 4.80. The van der Waals surface area contributed by atoms with Crippen LogP contribution >= 0.6 is 11.8 Å². The fourth-order valence-corrected chi connectivity index (χ4v) is 2.32. The summed E-state index contributed by atoms with van der Waals surface area (Å²) < 4.78 is 53.7. The van der Waals surface area contributed by atoms with Crippen molar-refractivity contribution in [3.63, 3.8) is 0 Å². The van der Waals surface area contributed by atoms with Gasteiger partial charge >= 0.3 is 5.97 Å². The van der Waals surface area contributed by atoms with E-state index in [9.17, 15) is 22.4 Å². The van der Waals surface area contributed by atoms with Crippen LogP contribution in [0.2, 0.25) is 0 Å². The maximum atomic E-state index is 13.6. The fraction of sp³-hybridized carbons (Fsp3) is 0. The van der Waals surface area contributed by atoms with Crippen molar-refractivity contribution in [2.24, 2.45) is 0 Å². The molecular formula is C13H6F4O2S. The van der Waals surface area contributed by atoms with Gasteiger partial charge in [0.25, 0.3) is 0 Å². The predicted octanol–water partition coefficient (Wildman–Crippen LogP) is 4.09. The Morgan fingerprint density at radius 3 is 2.10 bits per heavy atom. The molecule has 20 heavy (non-hydrogen) atoms. The van der Waals surface area contributed by atoms with Crippen molar-refractivity contribution in [3.8, 4) is 0 Å². The van der Waals surface area contributed by atoms with Crippen LogP contribution in [0.15, 0.2) is 40.1 Å². The molecule has 0 aliphatic carbocycles. The van der Waals surface area contributed by atoms with Gasteiger partial charge in [-0.25, -0.2) is 22.4 Å². The van der Waals surface area contributed by atoms with Crippen molar-refractivity contribution in [2.45, 2.75) is 9.79 Å². The second-order valence-electron chi connectivity index (χ2n) is 3.75. The number of hydrogen-bond donors (Lipinski definition) is 1.